The zero-order chi connectivity index (χ0) is 13.6. The minimum absolute atomic E-state index is 0.0703. The maximum absolute atomic E-state index is 11.9. The fraction of sp³-hybridized carbons (Fsp3) is 0.385. The van der Waals surface area contributed by atoms with E-state index in [1.165, 1.54) is 24.3 Å². The van der Waals surface area contributed by atoms with Crippen molar-refractivity contribution in [1.29, 1.82) is 0 Å². The monoisotopic (exact) mass is 270 g/mol. The fourth-order valence-electron chi connectivity index (χ4n) is 1.36. The molecule has 0 fully saturated rings. The molecule has 0 heterocycles. The van der Waals surface area contributed by atoms with E-state index < -0.39 is 15.4 Å². The van der Waals surface area contributed by atoms with Crippen LogP contribution in [0.3, 0.4) is 0 Å². The van der Waals surface area contributed by atoms with Gasteiger partial charge in [0.2, 0.25) is 0 Å². The van der Waals surface area contributed by atoms with Crippen LogP contribution < -0.4 is 4.18 Å². The van der Waals surface area contributed by atoms with Crippen molar-refractivity contribution in [2.24, 2.45) is 0 Å². The van der Waals surface area contributed by atoms with E-state index in [1.807, 2.05) is 19.1 Å². The Hall–Kier alpha value is -1.49. The number of hydrogen-bond acceptors (Lipinski definition) is 4. The molecule has 1 aromatic carbocycles. The third-order valence-corrected chi connectivity index (χ3v) is 4.16. The second kappa shape index (κ2) is 6.44. The standard InChI is InChI=1S/C13H18O4S/c1-3-4-5-6-11(2)18(15,16)17-13-9-7-12(14)8-10-13/h3-4,7-11,14H,5-6H2,1-2H3. The predicted octanol–water partition coefficient (Wildman–Crippen LogP) is 2.85. The average Bonchev–Trinajstić information content (AvgIpc) is 2.32. The summed E-state index contributed by atoms with van der Waals surface area (Å²) in [7, 11) is -3.62. The first-order valence-corrected chi connectivity index (χ1v) is 7.26. The highest BCUT2D eigenvalue weighted by atomic mass is 32.2. The molecule has 0 aliphatic carbocycles. The molecule has 0 amide bonds. The van der Waals surface area contributed by atoms with E-state index in [0.717, 1.165) is 0 Å². The van der Waals surface area contributed by atoms with Gasteiger partial charge in [-0.05, 0) is 51.0 Å². The van der Waals surface area contributed by atoms with Crippen molar-refractivity contribution in [1.82, 2.24) is 0 Å². The van der Waals surface area contributed by atoms with Crippen molar-refractivity contribution in [3.63, 3.8) is 0 Å². The van der Waals surface area contributed by atoms with Crippen LogP contribution in [0.25, 0.3) is 0 Å². The molecule has 1 atom stereocenters. The number of allylic oxidation sites excluding steroid dienone is 2. The van der Waals surface area contributed by atoms with Crippen LogP contribution in [0.4, 0.5) is 0 Å². The normalized spacial score (nSPS) is 13.7. The number of rotatable bonds is 6. The molecular weight excluding hydrogens is 252 g/mol. The lowest BCUT2D eigenvalue weighted by Crippen LogP contribution is -2.23. The van der Waals surface area contributed by atoms with Gasteiger partial charge in [0.1, 0.15) is 11.5 Å². The molecule has 4 nitrogen and oxygen atoms in total. The zero-order valence-corrected chi connectivity index (χ0v) is 11.4. The molecule has 0 spiro atoms. The van der Waals surface area contributed by atoms with Crippen LogP contribution in [0, 0.1) is 0 Å². The molecule has 0 saturated carbocycles. The lowest BCUT2D eigenvalue weighted by atomic mass is 10.2. The first-order chi connectivity index (χ1) is 8.45. The van der Waals surface area contributed by atoms with E-state index >= 15 is 0 Å². The third kappa shape index (κ3) is 4.41. The molecule has 1 unspecified atom stereocenters. The van der Waals surface area contributed by atoms with Gasteiger partial charge in [-0.1, -0.05) is 12.2 Å². The van der Waals surface area contributed by atoms with Crippen molar-refractivity contribution in [3.05, 3.63) is 36.4 Å². The predicted molar refractivity (Wildman–Crippen MR) is 71.2 cm³/mol. The molecule has 1 aromatic rings. The molecule has 1 rings (SSSR count). The second-order valence-corrected chi connectivity index (χ2v) is 5.98. The maximum atomic E-state index is 11.9. The number of phenolic OH excluding ortho intramolecular Hbond substituents is 1. The Morgan fingerprint density at radius 3 is 2.50 bits per heavy atom. The number of benzene rings is 1. The summed E-state index contributed by atoms with van der Waals surface area (Å²) in [6.45, 7) is 3.52. The summed E-state index contributed by atoms with van der Waals surface area (Å²) < 4.78 is 28.7. The van der Waals surface area contributed by atoms with E-state index in [4.69, 9.17) is 9.29 Å². The van der Waals surface area contributed by atoms with Crippen LogP contribution in [0.5, 0.6) is 11.5 Å². The Morgan fingerprint density at radius 2 is 1.94 bits per heavy atom. The van der Waals surface area contributed by atoms with Crippen molar-refractivity contribution in [2.75, 3.05) is 0 Å². The second-order valence-electron chi connectivity index (χ2n) is 4.03. The Labute approximate surface area is 108 Å². The van der Waals surface area contributed by atoms with Gasteiger partial charge in [0.15, 0.2) is 0 Å². The Morgan fingerprint density at radius 1 is 1.33 bits per heavy atom. The van der Waals surface area contributed by atoms with Gasteiger partial charge in [0.25, 0.3) is 0 Å². The van der Waals surface area contributed by atoms with Crippen LogP contribution in [-0.4, -0.2) is 18.8 Å². The number of phenols is 1. The Kier molecular flexibility index (Phi) is 5.22. The van der Waals surface area contributed by atoms with E-state index in [9.17, 15) is 8.42 Å². The molecule has 1 N–H and O–H groups in total. The van der Waals surface area contributed by atoms with Crippen LogP contribution in [-0.2, 0) is 10.1 Å². The highest BCUT2D eigenvalue weighted by molar-refractivity contribution is 7.87. The summed E-state index contributed by atoms with van der Waals surface area (Å²) in [5.74, 6) is 0.284. The summed E-state index contributed by atoms with van der Waals surface area (Å²) in [6, 6.07) is 5.61. The molecule has 100 valence electrons. The molecule has 5 heteroatoms. The van der Waals surface area contributed by atoms with Crippen molar-refractivity contribution in [3.8, 4) is 11.5 Å². The third-order valence-electron chi connectivity index (χ3n) is 2.52. The topological polar surface area (TPSA) is 63.6 Å². The molecule has 0 bridgehead atoms. The minimum atomic E-state index is -3.62. The van der Waals surface area contributed by atoms with E-state index in [0.29, 0.717) is 12.8 Å². The van der Waals surface area contributed by atoms with Crippen molar-refractivity contribution in [2.45, 2.75) is 31.9 Å². The molecule has 0 radical (unpaired) electrons. The van der Waals surface area contributed by atoms with Gasteiger partial charge in [-0.3, -0.25) is 0 Å². The lowest BCUT2D eigenvalue weighted by molar-refractivity contribution is 0.462. The Bertz CT molecular complexity index is 488. The quantitative estimate of drug-likeness (QED) is 0.637. The summed E-state index contributed by atoms with van der Waals surface area (Å²) in [5, 5.41) is 8.53. The first-order valence-electron chi connectivity index (χ1n) is 5.79. The van der Waals surface area contributed by atoms with Crippen LogP contribution in [0.2, 0.25) is 0 Å². The maximum Gasteiger partial charge on any atom is 0.311 e. The highest BCUT2D eigenvalue weighted by Crippen LogP contribution is 2.20. The molecular formula is C13H18O4S. The van der Waals surface area contributed by atoms with Gasteiger partial charge >= 0.3 is 10.1 Å². The zero-order valence-electron chi connectivity index (χ0n) is 10.5. The van der Waals surface area contributed by atoms with Gasteiger partial charge in [-0.2, -0.15) is 8.42 Å². The summed E-state index contributed by atoms with van der Waals surface area (Å²) >= 11 is 0. The largest absolute Gasteiger partial charge is 0.508 e. The van der Waals surface area contributed by atoms with E-state index in [2.05, 4.69) is 0 Å². The first kappa shape index (κ1) is 14.6. The SMILES string of the molecule is CC=CCCC(C)S(=O)(=O)Oc1ccc(O)cc1. The summed E-state index contributed by atoms with van der Waals surface area (Å²) in [4.78, 5) is 0. The van der Waals surface area contributed by atoms with Crippen LogP contribution >= 0.6 is 0 Å². The molecule has 0 aromatic heterocycles. The lowest BCUT2D eigenvalue weighted by Gasteiger charge is -2.12. The average molecular weight is 270 g/mol. The number of hydrogen-bond donors (Lipinski definition) is 1. The molecule has 0 aliphatic rings. The van der Waals surface area contributed by atoms with E-state index in [-0.39, 0.29) is 11.5 Å². The van der Waals surface area contributed by atoms with E-state index in [1.54, 1.807) is 6.92 Å². The van der Waals surface area contributed by atoms with Gasteiger partial charge in [0.05, 0.1) is 5.25 Å². The van der Waals surface area contributed by atoms with Crippen LogP contribution in [0.1, 0.15) is 26.7 Å². The number of aromatic hydroxyl groups is 1. The minimum Gasteiger partial charge on any atom is -0.508 e. The molecule has 0 saturated heterocycles. The Balaban J connectivity index is 2.66. The molecule has 0 aliphatic heterocycles. The highest BCUT2D eigenvalue weighted by Gasteiger charge is 2.22. The fourth-order valence-corrected chi connectivity index (χ4v) is 2.33. The van der Waals surface area contributed by atoms with Crippen molar-refractivity contribution < 1.29 is 17.7 Å². The van der Waals surface area contributed by atoms with Gasteiger partial charge in [0, 0.05) is 0 Å². The summed E-state index contributed by atoms with van der Waals surface area (Å²) in [5.41, 5.74) is 0. The van der Waals surface area contributed by atoms with Crippen molar-refractivity contribution >= 4 is 10.1 Å². The van der Waals surface area contributed by atoms with Gasteiger partial charge in [-0.15, -0.1) is 0 Å². The summed E-state index contributed by atoms with van der Waals surface area (Å²) in [6.07, 6.45) is 5.04. The molecule has 18 heavy (non-hydrogen) atoms. The van der Waals surface area contributed by atoms with Gasteiger partial charge < -0.3 is 9.29 Å². The van der Waals surface area contributed by atoms with Crippen LogP contribution in [0.15, 0.2) is 36.4 Å². The smallest absolute Gasteiger partial charge is 0.311 e. The van der Waals surface area contributed by atoms with Gasteiger partial charge in [-0.25, -0.2) is 0 Å².